The van der Waals surface area contributed by atoms with Crippen molar-refractivity contribution in [2.45, 2.75) is 26.2 Å². The molecule has 2 nitrogen and oxygen atoms in total. The normalized spacial score (nSPS) is 20.1. The predicted molar refractivity (Wildman–Crippen MR) is 71.5 cm³/mol. The maximum Gasteiger partial charge on any atom is 0.122 e. The van der Waals surface area contributed by atoms with Crippen LogP contribution in [-0.4, -0.2) is 20.2 Å². The Hall–Kier alpha value is -1.02. The zero-order valence-corrected chi connectivity index (χ0v) is 11.1. The zero-order valence-electron chi connectivity index (χ0n) is 11.1. The molecule has 1 heterocycles. The fourth-order valence-corrected chi connectivity index (χ4v) is 2.64. The molecular formula is C15H23NO. The molecule has 1 N–H and O–H groups in total. The third-order valence-corrected chi connectivity index (χ3v) is 3.80. The van der Waals surface area contributed by atoms with Crippen molar-refractivity contribution in [3.8, 4) is 5.75 Å². The number of hydrogen-bond acceptors (Lipinski definition) is 2. The van der Waals surface area contributed by atoms with E-state index in [1.165, 1.54) is 12.0 Å². The largest absolute Gasteiger partial charge is 0.493 e. The standard InChI is InChI=1S/C15H23NO/c1-11(2)12(9-16-3)8-13-10-17-15-7-5-4-6-14(13)15/h4-7,11-13,16H,8-10H2,1-3H3. The molecule has 2 rings (SSSR count). The van der Waals surface area contributed by atoms with E-state index in [0.29, 0.717) is 5.92 Å². The monoisotopic (exact) mass is 233 g/mol. The maximum absolute atomic E-state index is 5.75. The van der Waals surface area contributed by atoms with Crippen LogP contribution < -0.4 is 10.1 Å². The van der Waals surface area contributed by atoms with E-state index >= 15 is 0 Å². The van der Waals surface area contributed by atoms with Crippen LogP contribution in [-0.2, 0) is 0 Å². The summed E-state index contributed by atoms with van der Waals surface area (Å²) in [6.07, 6.45) is 1.22. The van der Waals surface area contributed by atoms with Gasteiger partial charge in [0.15, 0.2) is 0 Å². The number of hydrogen-bond donors (Lipinski definition) is 1. The van der Waals surface area contributed by atoms with Crippen molar-refractivity contribution in [2.24, 2.45) is 11.8 Å². The highest BCUT2D eigenvalue weighted by Gasteiger charge is 2.27. The summed E-state index contributed by atoms with van der Waals surface area (Å²) in [6.45, 7) is 6.57. The van der Waals surface area contributed by atoms with Crippen molar-refractivity contribution < 1.29 is 4.74 Å². The Kier molecular flexibility index (Phi) is 4.06. The van der Waals surface area contributed by atoms with Crippen LogP contribution in [0.3, 0.4) is 0 Å². The molecule has 0 aliphatic carbocycles. The zero-order chi connectivity index (χ0) is 12.3. The fraction of sp³-hybridized carbons (Fsp3) is 0.600. The van der Waals surface area contributed by atoms with Gasteiger partial charge in [-0.05, 0) is 37.9 Å². The van der Waals surface area contributed by atoms with Crippen LogP contribution in [0, 0.1) is 11.8 Å². The molecule has 0 saturated heterocycles. The lowest BCUT2D eigenvalue weighted by Crippen LogP contribution is -2.25. The van der Waals surface area contributed by atoms with E-state index in [0.717, 1.165) is 30.7 Å². The first-order valence-electron chi connectivity index (χ1n) is 6.58. The molecule has 1 aliphatic rings. The van der Waals surface area contributed by atoms with Crippen molar-refractivity contribution >= 4 is 0 Å². The summed E-state index contributed by atoms with van der Waals surface area (Å²) in [4.78, 5) is 0. The van der Waals surface area contributed by atoms with Crippen LogP contribution in [0.4, 0.5) is 0 Å². The predicted octanol–water partition coefficient (Wildman–Crippen LogP) is 3.04. The van der Waals surface area contributed by atoms with Crippen molar-refractivity contribution in [1.82, 2.24) is 5.32 Å². The third kappa shape index (κ3) is 2.81. The Balaban J connectivity index is 2.05. The molecule has 2 heteroatoms. The first-order chi connectivity index (χ1) is 8.22. The molecule has 1 aliphatic heterocycles. The smallest absolute Gasteiger partial charge is 0.122 e. The summed E-state index contributed by atoms with van der Waals surface area (Å²) < 4.78 is 5.75. The molecule has 94 valence electrons. The number of para-hydroxylation sites is 1. The van der Waals surface area contributed by atoms with Crippen LogP contribution in [0.2, 0.25) is 0 Å². The van der Waals surface area contributed by atoms with Crippen LogP contribution >= 0.6 is 0 Å². The molecule has 0 spiro atoms. The van der Waals surface area contributed by atoms with E-state index in [9.17, 15) is 0 Å². The van der Waals surface area contributed by atoms with Crippen LogP contribution in [0.5, 0.6) is 5.75 Å². The van der Waals surface area contributed by atoms with Gasteiger partial charge in [-0.2, -0.15) is 0 Å². The van der Waals surface area contributed by atoms with Crippen molar-refractivity contribution in [1.29, 1.82) is 0 Å². The minimum Gasteiger partial charge on any atom is -0.493 e. The summed E-state index contributed by atoms with van der Waals surface area (Å²) in [6, 6.07) is 8.46. The topological polar surface area (TPSA) is 21.3 Å². The number of fused-ring (bicyclic) bond motifs is 1. The molecule has 2 atom stereocenters. The van der Waals surface area contributed by atoms with Crippen molar-refractivity contribution in [2.75, 3.05) is 20.2 Å². The highest BCUT2D eigenvalue weighted by molar-refractivity contribution is 5.39. The highest BCUT2D eigenvalue weighted by Crippen LogP contribution is 2.38. The Morgan fingerprint density at radius 1 is 1.35 bits per heavy atom. The second-order valence-corrected chi connectivity index (χ2v) is 5.34. The Labute approximate surface area is 104 Å². The van der Waals surface area contributed by atoms with Gasteiger partial charge in [0.1, 0.15) is 5.75 Å². The number of ether oxygens (including phenoxy) is 1. The summed E-state index contributed by atoms with van der Waals surface area (Å²) in [5.41, 5.74) is 1.40. The average molecular weight is 233 g/mol. The lowest BCUT2D eigenvalue weighted by atomic mass is 9.84. The molecular weight excluding hydrogens is 210 g/mol. The van der Waals surface area contributed by atoms with Gasteiger partial charge in [-0.3, -0.25) is 0 Å². The number of nitrogens with one attached hydrogen (secondary N) is 1. The molecule has 0 aromatic heterocycles. The van der Waals surface area contributed by atoms with Gasteiger partial charge < -0.3 is 10.1 Å². The highest BCUT2D eigenvalue weighted by atomic mass is 16.5. The molecule has 0 bridgehead atoms. The molecule has 1 aromatic carbocycles. The van der Waals surface area contributed by atoms with E-state index in [1.807, 2.05) is 7.05 Å². The van der Waals surface area contributed by atoms with Crippen LogP contribution in [0.15, 0.2) is 24.3 Å². The minimum atomic E-state index is 0.576. The summed E-state index contributed by atoms with van der Waals surface area (Å²) in [5, 5.41) is 3.31. The molecule has 0 saturated carbocycles. The SMILES string of the molecule is CNCC(CC1COc2ccccc21)C(C)C. The van der Waals surface area contributed by atoms with E-state index in [2.05, 4.69) is 43.4 Å². The quantitative estimate of drug-likeness (QED) is 0.844. The maximum atomic E-state index is 5.75. The van der Waals surface area contributed by atoms with Crippen LogP contribution in [0.1, 0.15) is 31.7 Å². The van der Waals surface area contributed by atoms with E-state index in [1.54, 1.807) is 0 Å². The molecule has 0 amide bonds. The van der Waals surface area contributed by atoms with Crippen molar-refractivity contribution in [3.05, 3.63) is 29.8 Å². The van der Waals surface area contributed by atoms with E-state index in [4.69, 9.17) is 4.74 Å². The first-order valence-corrected chi connectivity index (χ1v) is 6.58. The second-order valence-electron chi connectivity index (χ2n) is 5.34. The Morgan fingerprint density at radius 2 is 2.12 bits per heavy atom. The number of rotatable bonds is 5. The molecule has 0 fully saturated rings. The Morgan fingerprint density at radius 3 is 2.82 bits per heavy atom. The molecule has 17 heavy (non-hydrogen) atoms. The van der Waals surface area contributed by atoms with Gasteiger partial charge in [0.2, 0.25) is 0 Å². The average Bonchev–Trinajstić information content (AvgIpc) is 2.72. The molecule has 1 aromatic rings. The second kappa shape index (κ2) is 5.54. The van der Waals surface area contributed by atoms with E-state index < -0.39 is 0 Å². The lowest BCUT2D eigenvalue weighted by molar-refractivity contribution is 0.276. The van der Waals surface area contributed by atoms with Gasteiger partial charge >= 0.3 is 0 Å². The fourth-order valence-electron chi connectivity index (χ4n) is 2.64. The lowest BCUT2D eigenvalue weighted by Gasteiger charge is -2.23. The van der Waals surface area contributed by atoms with Gasteiger partial charge in [-0.15, -0.1) is 0 Å². The van der Waals surface area contributed by atoms with Gasteiger partial charge in [0, 0.05) is 11.5 Å². The van der Waals surface area contributed by atoms with Gasteiger partial charge in [0.25, 0.3) is 0 Å². The van der Waals surface area contributed by atoms with Gasteiger partial charge in [-0.1, -0.05) is 32.0 Å². The minimum absolute atomic E-state index is 0.576. The van der Waals surface area contributed by atoms with Crippen LogP contribution in [0.25, 0.3) is 0 Å². The van der Waals surface area contributed by atoms with Crippen molar-refractivity contribution in [3.63, 3.8) is 0 Å². The van der Waals surface area contributed by atoms with E-state index in [-0.39, 0.29) is 0 Å². The Bertz CT molecular complexity index is 362. The summed E-state index contributed by atoms with van der Waals surface area (Å²) >= 11 is 0. The summed E-state index contributed by atoms with van der Waals surface area (Å²) in [7, 11) is 2.04. The van der Waals surface area contributed by atoms with Gasteiger partial charge in [-0.25, -0.2) is 0 Å². The first kappa shape index (κ1) is 12.4. The summed E-state index contributed by atoms with van der Waals surface area (Å²) in [5.74, 6) is 3.10. The molecule has 0 radical (unpaired) electrons. The third-order valence-electron chi connectivity index (χ3n) is 3.80. The molecule has 2 unspecified atom stereocenters. The number of benzene rings is 1. The van der Waals surface area contributed by atoms with Gasteiger partial charge in [0.05, 0.1) is 6.61 Å².